The van der Waals surface area contributed by atoms with Gasteiger partial charge in [0.25, 0.3) is 0 Å². The fourth-order valence-corrected chi connectivity index (χ4v) is 3.11. The molecule has 2 aromatic heterocycles. The standard InChI is InChI=1S/C17H26N6O2/c1-13-19-20-16(22(13)3)11-21(2)14-6-7-23(10-14)12-17(24)18-9-15-5-4-8-25-15/h4-5,8,14H,6-7,9-12H2,1-3H3,(H,18,24). The van der Waals surface area contributed by atoms with E-state index in [2.05, 4.69) is 32.4 Å². The molecule has 1 aliphatic heterocycles. The van der Waals surface area contributed by atoms with E-state index < -0.39 is 0 Å². The number of nitrogens with zero attached hydrogens (tertiary/aromatic N) is 5. The third-order valence-corrected chi connectivity index (χ3v) is 4.85. The zero-order chi connectivity index (χ0) is 17.8. The molecule has 0 aromatic carbocycles. The Morgan fingerprint density at radius 1 is 1.48 bits per heavy atom. The summed E-state index contributed by atoms with van der Waals surface area (Å²) in [5.41, 5.74) is 0. The highest BCUT2D eigenvalue weighted by Crippen LogP contribution is 2.16. The van der Waals surface area contributed by atoms with E-state index in [1.54, 1.807) is 6.26 Å². The second kappa shape index (κ2) is 7.79. The number of aryl methyl sites for hydroxylation is 1. The molecule has 136 valence electrons. The third kappa shape index (κ3) is 4.46. The fourth-order valence-electron chi connectivity index (χ4n) is 3.11. The lowest BCUT2D eigenvalue weighted by atomic mass is 10.2. The van der Waals surface area contributed by atoms with E-state index in [4.69, 9.17) is 4.42 Å². The predicted molar refractivity (Wildman–Crippen MR) is 92.6 cm³/mol. The average molecular weight is 346 g/mol. The molecule has 0 spiro atoms. The van der Waals surface area contributed by atoms with Gasteiger partial charge in [-0.25, -0.2) is 0 Å². The Bertz CT molecular complexity index is 696. The van der Waals surface area contributed by atoms with E-state index in [1.807, 2.05) is 30.7 Å². The molecular formula is C17H26N6O2. The van der Waals surface area contributed by atoms with Crippen LogP contribution in [0.15, 0.2) is 22.8 Å². The van der Waals surface area contributed by atoms with Crippen molar-refractivity contribution in [3.63, 3.8) is 0 Å². The number of nitrogens with one attached hydrogen (secondary N) is 1. The summed E-state index contributed by atoms with van der Waals surface area (Å²) in [4.78, 5) is 16.6. The normalized spacial score (nSPS) is 18.2. The van der Waals surface area contributed by atoms with Crippen molar-refractivity contribution in [2.75, 3.05) is 26.7 Å². The molecule has 1 fully saturated rings. The summed E-state index contributed by atoms with van der Waals surface area (Å²) in [6, 6.07) is 4.10. The molecule has 1 atom stereocenters. The summed E-state index contributed by atoms with van der Waals surface area (Å²) >= 11 is 0. The van der Waals surface area contributed by atoms with Crippen LogP contribution in [0.1, 0.15) is 23.8 Å². The number of furan rings is 1. The first-order chi connectivity index (χ1) is 12.0. The van der Waals surface area contributed by atoms with Gasteiger partial charge < -0.3 is 14.3 Å². The zero-order valence-corrected chi connectivity index (χ0v) is 15.1. The van der Waals surface area contributed by atoms with E-state index >= 15 is 0 Å². The number of carbonyl (C=O) groups is 1. The van der Waals surface area contributed by atoms with Crippen LogP contribution >= 0.6 is 0 Å². The Balaban J connectivity index is 1.43. The van der Waals surface area contributed by atoms with Crippen LogP contribution in [-0.4, -0.2) is 63.2 Å². The lowest BCUT2D eigenvalue weighted by Crippen LogP contribution is -2.39. The average Bonchev–Trinajstić information content (AvgIpc) is 3.32. The molecule has 1 unspecified atom stereocenters. The first-order valence-electron chi connectivity index (χ1n) is 8.59. The number of rotatable bonds is 7. The monoisotopic (exact) mass is 346 g/mol. The second-order valence-electron chi connectivity index (χ2n) is 6.67. The first kappa shape index (κ1) is 17.6. The molecule has 8 heteroatoms. The molecule has 0 radical (unpaired) electrons. The molecule has 1 saturated heterocycles. The van der Waals surface area contributed by atoms with Crippen LogP contribution in [0, 0.1) is 6.92 Å². The number of aromatic nitrogens is 3. The van der Waals surface area contributed by atoms with Crippen LogP contribution in [-0.2, 0) is 24.9 Å². The summed E-state index contributed by atoms with van der Waals surface area (Å²) in [5, 5.41) is 11.2. The molecular weight excluding hydrogens is 320 g/mol. The highest BCUT2D eigenvalue weighted by molar-refractivity contribution is 5.77. The third-order valence-electron chi connectivity index (χ3n) is 4.85. The Morgan fingerprint density at radius 2 is 2.32 bits per heavy atom. The number of likely N-dealkylation sites (tertiary alicyclic amines) is 1. The molecule has 1 N–H and O–H groups in total. The maximum Gasteiger partial charge on any atom is 0.234 e. The number of hydrogen-bond acceptors (Lipinski definition) is 6. The molecule has 1 amide bonds. The quantitative estimate of drug-likeness (QED) is 0.788. The van der Waals surface area contributed by atoms with Crippen LogP contribution in [0.2, 0.25) is 0 Å². The van der Waals surface area contributed by atoms with E-state index in [-0.39, 0.29) is 5.91 Å². The Kier molecular flexibility index (Phi) is 5.50. The molecule has 3 heterocycles. The SMILES string of the molecule is Cc1nnc(CN(C)C2CCN(CC(=O)NCc3ccco3)C2)n1C. The van der Waals surface area contributed by atoms with Gasteiger partial charge >= 0.3 is 0 Å². The van der Waals surface area contributed by atoms with E-state index in [1.165, 1.54) is 0 Å². The minimum atomic E-state index is 0.0311. The first-order valence-corrected chi connectivity index (χ1v) is 8.59. The van der Waals surface area contributed by atoms with Crippen molar-refractivity contribution in [2.45, 2.75) is 32.5 Å². The van der Waals surface area contributed by atoms with Gasteiger partial charge in [-0.3, -0.25) is 14.6 Å². The topological polar surface area (TPSA) is 79.4 Å². The summed E-state index contributed by atoms with van der Waals surface area (Å²) in [6.07, 6.45) is 2.67. The number of hydrogen-bond donors (Lipinski definition) is 1. The fraction of sp³-hybridized carbons (Fsp3) is 0.588. The van der Waals surface area contributed by atoms with Gasteiger partial charge in [0.05, 0.1) is 25.9 Å². The van der Waals surface area contributed by atoms with Gasteiger partial charge in [0, 0.05) is 26.2 Å². The van der Waals surface area contributed by atoms with E-state index in [9.17, 15) is 4.79 Å². The van der Waals surface area contributed by atoms with Crippen molar-refractivity contribution < 1.29 is 9.21 Å². The minimum Gasteiger partial charge on any atom is -0.467 e. The molecule has 25 heavy (non-hydrogen) atoms. The van der Waals surface area contributed by atoms with Gasteiger partial charge in [-0.1, -0.05) is 0 Å². The van der Waals surface area contributed by atoms with Gasteiger partial charge in [0.1, 0.15) is 17.4 Å². The number of carbonyl (C=O) groups excluding carboxylic acids is 1. The van der Waals surface area contributed by atoms with Crippen molar-refractivity contribution in [2.24, 2.45) is 7.05 Å². The van der Waals surface area contributed by atoms with E-state index in [0.29, 0.717) is 19.1 Å². The van der Waals surface area contributed by atoms with Crippen LogP contribution in [0.3, 0.4) is 0 Å². The molecule has 0 bridgehead atoms. The molecule has 2 aromatic rings. The largest absolute Gasteiger partial charge is 0.467 e. The molecule has 0 aliphatic carbocycles. The predicted octanol–water partition coefficient (Wildman–Crippen LogP) is 0.539. The summed E-state index contributed by atoms with van der Waals surface area (Å²) in [6.45, 7) is 5.40. The molecule has 1 aliphatic rings. The number of likely N-dealkylation sites (N-methyl/N-ethyl adjacent to an activating group) is 1. The van der Waals surface area contributed by atoms with Crippen molar-refractivity contribution in [3.05, 3.63) is 35.8 Å². The van der Waals surface area contributed by atoms with Crippen molar-refractivity contribution in [3.8, 4) is 0 Å². The van der Waals surface area contributed by atoms with Crippen molar-refractivity contribution in [1.82, 2.24) is 29.9 Å². The maximum absolute atomic E-state index is 12.1. The molecule has 3 rings (SSSR count). The van der Waals surface area contributed by atoms with Crippen LogP contribution in [0.25, 0.3) is 0 Å². The molecule has 8 nitrogen and oxygen atoms in total. The highest BCUT2D eigenvalue weighted by atomic mass is 16.3. The van der Waals surface area contributed by atoms with Gasteiger partial charge in [0.15, 0.2) is 0 Å². The lowest BCUT2D eigenvalue weighted by Gasteiger charge is -2.24. The van der Waals surface area contributed by atoms with Crippen LogP contribution in [0.4, 0.5) is 0 Å². The second-order valence-corrected chi connectivity index (χ2v) is 6.67. The summed E-state index contributed by atoms with van der Waals surface area (Å²) in [5.74, 6) is 2.69. The zero-order valence-electron chi connectivity index (χ0n) is 15.1. The Labute approximate surface area is 147 Å². The van der Waals surface area contributed by atoms with Crippen LogP contribution < -0.4 is 5.32 Å². The van der Waals surface area contributed by atoms with Gasteiger partial charge in [-0.05, 0) is 32.5 Å². The smallest absolute Gasteiger partial charge is 0.234 e. The van der Waals surface area contributed by atoms with Crippen molar-refractivity contribution in [1.29, 1.82) is 0 Å². The highest BCUT2D eigenvalue weighted by Gasteiger charge is 2.27. The maximum atomic E-state index is 12.1. The minimum absolute atomic E-state index is 0.0311. The van der Waals surface area contributed by atoms with Gasteiger partial charge in [0.2, 0.25) is 5.91 Å². The summed E-state index contributed by atoms with van der Waals surface area (Å²) in [7, 11) is 4.10. The van der Waals surface area contributed by atoms with E-state index in [0.717, 1.165) is 43.5 Å². The Morgan fingerprint density at radius 3 is 3.00 bits per heavy atom. The van der Waals surface area contributed by atoms with Gasteiger partial charge in [-0.2, -0.15) is 0 Å². The van der Waals surface area contributed by atoms with Gasteiger partial charge in [-0.15, -0.1) is 10.2 Å². The lowest BCUT2D eigenvalue weighted by molar-refractivity contribution is -0.122. The number of amides is 1. The van der Waals surface area contributed by atoms with Crippen LogP contribution in [0.5, 0.6) is 0 Å². The Hall–Kier alpha value is -2.19. The van der Waals surface area contributed by atoms with Crippen molar-refractivity contribution >= 4 is 5.91 Å². The molecule has 0 saturated carbocycles. The summed E-state index contributed by atoms with van der Waals surface area (Å²) < 4.78 is 7.24.